The van der Waals surface area contributed by atoms with Crippen LogP contribution in [0, 0.1) is 23.7 Å². The number of nitrogens with one attached hydrogen (secondary N) is 1. The Morgan fingerprint density at radius 3 is 2.53 bits per heavy atom. The first-order valence-electron chi connectivity index (χ1n) is 7.33. The molecule has 106 valence electrons. The van der Waals surface area contributed by atoms with Gasteiger partial charge in [-0.25, -0.2) is 4.79 Å². The topological polar surface area (TPSA) is 69.6 Å². The van der Waals surface area contributed by atoms with Crippen molar-refractivity contribution in [3.63, 3.8) is 0 Å². The molecule has 2 N–H and O–H groups in total. The molecule has 2 saturated carbocycles. The summed E-state index contributed by atoms with van der Waals surface area (Å²) in [6, 6.07) is 0.369. The number of carboxylic acid groups (broad SMARTS) is 1. The van der Waals surface area contributed by atoms with E-state index >= 15 is 0 Å². The summed E-state index contributed by atoms with van der Waals surface area (Å²) in [4.78, 5) is 24.7. The molecule has 0 radical (unpaired) electrons. The van der Waals surface area contributed by atoms with Crippen molar-refractivity contribution in [1.29, 1.82) is 0 Å². The van der Waals surface area contributed by atoms with Gasteiger partial charge in [0.05, 0.1) is 5.92 Å². The van der Waals surface area contributed by atoms with Crippen LogP contribution in [0.25, 0.3) is 0 Å². The van der Waals surface area contributed by atoms with Gasteiger partial charge in [-0.2, -0.15) is 0 Å². The number of aliphatic carboxylic acids is 1. The van der Waals surface area contributed by atoms with E-state index in [9.17, 15) is 9.59 Å². The van der Waals surface area contributed by atoms with Gasteiger partial charge < -0.3 is 15.3 Å². The lowest BCUT2D eigenvalue weighted by molar-refractivity contribution is -0.144. The average Bonchev–Trinajstić information content (AvgIpc) is 2.88. The van der Waals surface area contributed by atoms with Gasteiger partial charge in [0.15, 0.2) is 0 Å². The number of nitrogens with zero attached hydrogens (tertiary/aromatic N) is 1. The summed E-state index contributed by atoms with van der Waals surface area (Å²) in [6.45, 7) is 2.89. The average molecular weight is 266 g/mol. The molecule has 0 spiro atoms. The highest BCUT2D eigenvalue weighted by Crippen LogP contribution is 2.44. The second-order valence-electron chi connectivity index (χ2n) is 6.52. The number of hydrogen-bond acceptors (Lipinski definition) is 2. The zero-order valence-electron chi connectivity index (χ0n) is 11.3. The van der Waals surface area contributed by atoms with E-state index in [0.29, 0.717) is 25.0 Å². The standard InChI is InChI=1S/C14H22N2O3/c1-8(13(17)18)11-6-16(7-11)14(19)15-12-5-9-2-3-10(12)4-9/h8-12H,2-7H2,1H3,(H,15,19)(H,17,18). The van der Waals surface area contributed by atoms with Crippen LogP contribution in [0.5, 0.6) is 0 Å². The van der Waals surface area contributed by atoms with Crippen molar-refractivity contribution < 1.29 is 14.7 Å². The molecule has 5 nitrogen and oxygen atoms in total. The van der Waals surface area contributed by atoms with E-state index in [0.717, 1.165) is 12.3 Å². The lowest BCUT2D eigenvalue weighted by Crippen LogP contribution is -2.58. The lowest BCUT2D eigenvalue weighted by atomic mass is 9.87. The molecule has 0 aromatic heterocycles. The highest BCUT2D eigenvalue weighted by atomic mass is 16.4. The Labute approximate surface area is 113 Å². The zero-order chi connectivity index (χ0) is 13.6. The number of fused-ring (bicyclic) bond motifs is 2. The fourth-order valence-electron chi connectivity index (χ4n) is 3.87. The Morgan fingerprint density at radius 1 is 1.26 bits per heavy atom. The van der Waals surface area contributed by atoms with E-state index in [1.807, 2.05) is 0 Å². The van der Waals surface area contributed by atoms with Crippen molar-refractivity contribution in [2.24, 2.45) is 23.7 Å². The molecule has 1 saturated heterocycles. The van der Waals surface area contributed by atoms with Gasteiger partial charge in [-0.05, 0) is 31.1 Å². The van der Waals surface area contributed by atoms with Crippen molar-refractivity contribution >= 4 is 12.0 Å². The largest absolute Gasteiger partial charge is 0.481 e. The summed E-state index contributed by atoms with van der Waals surface area (Å²) >= 11 is 0. The zero-order valence-corrected chi connectivity index (χ0v) is 11.3. The van der Waals surface area contributed by atoms with E-state index in [2.05, 4.69) is 5.32 Å². The predicted molar refractivity (Wildman–Crippen MR) is 69.6 cm³/mol. The molecule has 1 aliphatic heterocycles. The number of carboxylic acids is 1. The van der Waals surface area contributed by atoms with E-state index in [1.54, 1.807) is 11.8 Å². The van der Waals surface area contributed by atoms with Crippen LogP contribution in [0.2, 0.25) is 0 Å². The molecule has 19 heavy (non-hydrogen) atoms. The maximum atomic E-state index is 12.1. The first kappa shape index (κ1) is 12.8. The van der Waals surface area contributed by atoms with E-state index in [-0.39, 0.29) is 17.9 Å². The van der Waals surface area contributed by atoms with Gasteiger partial charge in [0, 0.05) is 25.0 Å². The van der Waals surface area contributed by atoms with Gasteiger partial charge in [-0.3, -0.25) is 4.79 Å². The molecule has 2 bridgehead atoms. The fraction of sp³-hybridized carbons (Fsp3) is 0.857. The van der Waals surface area contributed by atoms with Crippen molar-refractivity contribution in [1.82, 2.24) is 10.2 Å². The number of urea groups is 1. The number of amides is 2. The van der Waals surface area contributed by atoms with Gasteiger partial charge in [-0.15, -0.1) is 0 Å². The molecule has 3 fully saturated rings. The third-order valence-corrected chi connectivity index (χ3v) is 5.34. The molecule has 2 amide bonds. The Bertz CT molecular complexity index is 392. The van der Waals surface area contributed by atoms with E-state index < -0.39 is 5.97 Å². The highest BCUT2D eigenvalue weighted by molar-refractivity contribution is 5.76. The molecule has 0 aromatic carbocycles. The summed E-state index contributed by atoms with van der Waals surface area (Å²) in [5.74, 6) is 0.503. The summed E-state index contributed by atoms with van der Waals surface area (Å²) in [6.07, 6.45) is 5.01. The van der Waals surface area contributed by atoms with Crippen LogP contribution in [-0.2, 0) is 4.79 Å². The van der Waals surface area contributed by atoms with Crippen LogP contribution in [0.3, 0.4) is 0 Å². The molecule has 4 atom stereocenters. The molecule has 3 rings (SSSR count). The number of rotatable bonds is 3. The lowest BCUT2D eigenvalue weighted by Gasteiger charge is -2.42. The minimum absolute atomic E-state index is 0.00592. The Hall–Kier alpha value is -1.26. The molecular weight excluding hydrogens is 244 g/mol. The molecule has 4 unspecified atom stereocenters. The first-order valence-corrected chi connectivity index (χ1v) is 7.33. The summed E-state index contributed by atoms with van der Waals surface area (Å²) in [5, 5.41) is 12.1. The van der Waals surface area contributed by atoms with Gasteiger partial charge in [0.25, 0.3) is 0 Å². The summed E-state index contributed by atoms with van der Waals surface area (Å²) in [7, 11) is 0. The van der Waals surface area contributed by atoms with Crippen LogP contribution in [0.15, 0.2) is 0 Å². The van der Waals surface area contributed by atoms with Gasteiger partial charge in [0.2, 0.25) is 0 Å². The van der Waals surface area contributed by atoms with Crippen LogP contribution in [0.1, 0.15) is 32.6 Å². The third kappa shape index (κ3) is 2.30. The molecule has 1 heterocycles. The Balaban J connectivity index is 1.44. The predicted octanol–water partition coefficient (Wildman–Crippen LogP) is 1.54. The summed E-state index contributed by atoms with van der Waals surface area (Å²) < 4.78 is 0. The van der Waals surface area contributed by atoms with Crippen molar-refractivity contribution in [2.75, 3.05) is 13.1 Å². The SMILES string of the molecule is CC(C(=O)O)C1CN(C(=O)NC2CC3CCC2C3)C1. The second-order valence-corrected chi connectivity index (χ2v) is 6.52. The van der Waals surface area contributed by atoms with Crippen molar-refractivity contribution in [2.45, 2.75) is 38.6 Å². The molecule has 5 heteroatoms. The molecule has 2 aliphatic carbocycles. The minimum atomic E-state index is -0.766. The van der Waals surface area contributed by atoms with Crippen molar-refractivity contribution in [3.8, 4) is 0 Å². The smallest absolute Gasteiger partial charge is 0.317 e. The number of hydrogen-bond donors (Lipinski definition) is 2. The van der Waals surface area contributed by atoms with Crippen LogP contribution >= 0.6 is 0 Å². The Kier molecular flexibility index (Phi) is 3.15. The molecular formula is C14H22N2O3. The van der Waals surface area contributed by atoms with Crippen LogP contribution in [-0.4, -0.2) is 41.1 Å². The number of carbonyl (C=O) groups is 2. The van der Waals surface area contributed by atoms with E-state index in [1.165, 1.54) is 19.3 Å². The highest BCUT2D eigenvalue weighted by Gasteiger charge is 2.42. The maximum Gasteiger partial charge on any atom is 0.317 e. The normalized spacial score (nSPS) is 35.0. The van der Waals surface area contributed by atoms with Gasteiger partial charge in [-0.1, -0.05) is 13.3 Å². The Morgan fingerprint density at radius 2 is 2.00 bits per heavy atom. The van der Waals surface area contributed by atoms with Gasteiger partial charge >= 0.3 is 12.0 Å². The monoisotopic (exact) mass is 266 g/mol. The number of likely N-dealkylation sites (tertiary alicyclic amines) is 1. The van der Waals surface area contributed by atoms with Crippen LogP contribution in [0.4, 0.5) is 4.79 Å². The van der Waals surface area contributed by atoms with Crippen LogP contribution < -0.4 is 5.32 Å². The summed E-state index contributed by atoms with van der Waals surface area (Å²) in [5.41, 5.74) is 0. The maximum absolute atomic E-state index is 12.1. The fourth-order valence-corrected chi connectivity index (χ4v) is 3.87. The molecule has 0 aromatic rings. The first-order chi connectivity index (χ1) is 9.04. The second kappa shape index (κ2) is 4.69. The van der Waals surface area contributed by atoms with E-state index in [4.69, 9.17) is 5.11 Å². The molecule has 3 aliphatic rings. The third-order valence-electron chi connectivity index (χ3n) is 5.34. The number of carbonyl (C=O) groups excluding carboxylic acids is 1. The van der Waals surface area contributed by atoms with Crippen molar-refractivity contribution in [3.05, 3.63) is 0 Å². The quantitative estimate of drug-likeness (QED) is 0.814. The minimum Gasteiger partial charge on any atom is -0.481 e. The van der Waals surface area contributed by atoms with Gasteiger partial charge in [0.1, 0.15) is 0 Å².